The van der Waals surface area contributed by atoms with Gasteiger partial charge in [-0.05, 0) is 61.0 Å². The monoisotopic (exact) mass is 700 g/mol. The van der Waals surface area contributed by atoms with Gasteiger partial charge in [-0.15, -0.1) is 0 Å². The van der Waals surface area contributed by atoms with Gasteiger partial charge in [0.15, 0.2) is 11.9 Å². The molecule has 12 heteroatoms. The molecule has 1 aromatic heterocycles. The number of amides is 1. The van der Waals surface area contributed by atoms with Crippen LogP contribution in [-0.4, -0.2) is 83.0 Å². The molecule has 4 fully saturated rings. The molecule has 7 rings (SSSR count). The molecule has 51 heavy (non-hydrogen) atoms. The fraction of sp³-hybridized carbons (Fsp3) is 0.615. The second kappa shape index (κ2) is 13.3. The Morgan fingerprint density at radius 2 is 1.75 bits per heavy atom. The van der Waals surface area contributed by atoms with Gasteiger partial charge in [0, 0.05) is 42.8 Å². The average molecular weight is 701 g/mol. The SMILES string of the molecule is CCC1C[C@]1(CC(=O)[C@@H]1CC(Oc2cc(C3N=CC=N3)nc3cc(OC)ccc23)CN1C(=O)[C@@H](CC(=O)OC1C[C@@H]2C[C@@H]2C1)C(C)(C)C)C(=O)O. The Balaban J connectivity index is 1.17. The van der Waals surface area contributed by atoms with Crippen molar-refractivity contribution in [3.05, 3.63) is 30.0 Å². The summed E-state index contributed by atoms with van der Waals surface area (Å²) in [6.07, 6.45) is 5.99. The van der Waals surface area contributed by atoms with Gasteiger partial charge in [0.2, 0.25) is 5.91 Å². The molecule has 0 bridgehead atoms. The predicted octanol–water partition coefficient (Wildman–Crippen LogP) is 5.60. The van der Waals surface area contributed by atoms with E-state index in [4.69, 9.17) is 19.2 Å². The van der Waals surface area contributed by atoms with Gasteiger partial charge in [0.1, 0.15) is 23.7 Å². The molecule has 5 aliphatic rings. The van der Waals surface area contributed by atoms with Gasteiger partial charge in [-0.1, -0.05) is 34.1 Å². The third-order valence-electron chi connectivity index (χ3n) is 11.8. The van der Waals surface area contributed by atoms with Crippen LogP contribution in [0.4, 0.5) is 0 Å². The van der Waals surface area contributed by atoms with Gasteiger partial charge in [-0.25, -0.2) is 4.98 Å². The average Bonchev–Trinajstić information content (AvgIpc) is 3.70. The number of rotatable bonds is 13. The van der Waals surface area contributed by atoms with Crippen LogP contribution in [-0.2, 0) is 23.9 Å². The predicted molar refractivity (Wildman–Crippen MR) is 189 cm³/mol. The van der Waals surface area contributed by atoms with Gasteiger partial charge in [0.25, 0.3) is 0 Å². The lowest BCUT2D eigenvalue weighted by atomic mass is 9.77. The van der Waals surface area contributed by atoms with Crippen LogP contribution in [0, 0.1) is 34.5 Å². The van der Waals surface area contributed by atoms with Crippen LogP contribution in [0.15, 0.2) is 34.3 Å². The maximum Gasteiger partial charge on any atom is 0.310 e. The molecule has 3 unspecified atom stereocenters. The summed E-state index contributed by atoms with van der Waals surface area (Å²) >= 11 is 0. The molecule has 1 aromatic carbocycles. The minimum Gasteiger partial charge on any atom is -0.497 e. The second-order valence-corrected chi connectivity index (χ2v) is 16.3. The van der Waals surface area contributed by atoms with E-state index in [1.54, 1.807) is 36.6 Å². The number of carboxylic acid groups (broad SMARTS) is 1. The van der Waals surface area contributed by atoms with Crippen LogP contribution < -0.4 is 9.47 Å². The number of ketones is 1. The zero-order valence-corrected chi connectivity index (χ0v) is 30.0. The molecule has 2 aliphatic heterocycles. The highest BCUT2D eigenvalue weighted by atomic mass is 16.5. The normalized spacial score (nSPS) is 29.9. The number of aliphatic carboxylic acids is 1. The summed E-state index contributed by atoms with van der Waals surface area (Å²) in [6, 6.07) is 6.35. The van der Waals surface area contributed by atoms with E-state index in [2.05, 4.69) is 9.98 Å². The maximum absolute atomic E-state index is 14.6. The quantitative estimate of drug-likeness (QED) is 0.263. The Morgan fingerprint density at radius 3 is 2.37 bits per heavy atom. The smallest absolute Gasteiger partial charge is 0.310 e. The standard InChI is InChI=1S/C39H48N4O8/c1-6-23-18-39(23,37(47)48)19-32(44)31-15-26(50-33-17-30(35-40-9-10-41-35)42-29-14-24(49-5)7-8-27(29)33)20-43(31)36(46)28(38(2,3)4)16-34(45)51-25-12-21-11-22(21)13-25/h7-10,14,17,21-23,25-26,28,31,35H,6,11-13,15-16,18-20H2,1-5H3,(H,47,48)/t21-,22+,23?,25?,26?,28-,31+,39-/m1/s1. The Morgan fingerprint density at radius 1 is 1.02 bits per heavy atom. The van der Waals surface area contributed by atoms with Gasteiger partial charge in [0.05, 0.1) is 48.7 Å². The van der Waals surface area contributed by atoms with Crippen molar-refractivity contribution in [3.63, 3.8) is 0 Å². The van der Waals surface area contributed by atoms with E-state index >= 15 is 0 Å². The summed E-state index contributed by atoms with van der Waals surface area (Å²) in [4.78, 5) is 69.6. The number of carbonyl (C=O) groups is 4. The van der Waals surface area contributed by atoms with Crippen molar-refractivity contribution in [2.24, 2.45) is 44.5 Å². The number of hydrogen-bond donors (Lipinski definition) is 1. The van der Waals surface area contributed by atoms with Crippen molar-refractivity contribution in [1.82, 2.24) is 9.88 Å². The van der Waals surface area contributed by atoms with Crippen LogP contribution in [0.1, 0.15) is 90.9 Å². The number of nitrogens with zero attached hydrogens (tertiary/aromatic N) is 4. The van der Waals surface area contributed by atoms with E-state index < -0.39 is 47.0 Å². The van der Waals surface area contributed by atoms with E-state index in [1.165, 1.54) is 6.42 Å². The lowest BCUT2D eigenvalue weighted by molar-refractivity contribution is -0.157. The number of ether oxygens (including phenoxy) is 3. The highest BCUT2D eigenvalue weighted by molar-refractivity contribution is 6.17. The Kier molecular flexibility index (Phi) is 9.16. The molecule has 8 atom stereocenters. The van der Waals surface area contributed by atoms with Crippen molar-refractivity contribution < 1.29 is 38.5 Å². The highest BCUT2D eigenvalue weighted by Crippen LogP contribution is 2.58. The molecule has 3 aliphatic carbocycles. The third kappa shape index (κ3) is 6.98. The first-order chi connectivity index (χ1) is 24.3. The number of methoxy groups -OCH3 is 1. The zero-order chi connectivity index (χ0) is 36.2. The van der Waals surface area contributed by atoms with Gasteiger partial charge < -0.3 is 24.2 Å². The number of carboxylic acids is 1. The summed E-state index contributed by atoms with van der Waals surface area (Å²) in [5.41, 5.74) is -0.551. The third-order valence-corrected chi connectivity index (χ3v) is 11.8. The number of carbonyl (C=O) groups excluding carboxylic acids is 3. The number of esters is 1. The zero-order valence-electron chi connectivity index (χ0n) is 30.0. The first-order valence-corrected chi connectivity index (χ1v) is 18.3. The van der Waals surface area contributed by atoms with E-state index in [1.807, 2.05) is 39.8 Å². The first kappa shape index (κ1) is 35.1. The summed E-state index contributed by atoms with van der Waals surface area (Å²) in [5.74, 6) is -0.428. The van der Waals surface area contributed by atoms with Crippen LogP contribution in [0.3, 0.4) is 0 Å². The summed E-state index contributed by atoms with van der Waals surface area (Å²) in [7, 11) is 1.58. The summed E-state index contributed by atoms with van der Waals surface area (Å²) < 4.78 is 18.0. The van der Waals surface area contributed by atoms with Gasteiger partial charge in [-0.2, -0.15) is 0 Å². The fourth-order valence-electron chi connectivity index (χ4n) is 8.61. The molecule has 3 heterocycles. The van der Waals surface area contributed by atoms with E-state index in [9.17, 15) is 24.3 Å². The summed E-state index contributed by atoms with van der Waals surface area (Å²) in [6.45, 7) is 7.77. The first-order valence-electron chi connectivity index (χ1n) is 18.3. The number of aromatic nitrogens is 1. The Labute approximate surface area is 298 Å². The number of benzene rings is 1. The Bertz CT molecular complexity index is 1780. The molecule has 1 N–H and O–H groups in total. The van der Waals surface area contributed by atoms with Crippen molar-refractivity contribution in [3.8, 4) is 11.5 Å². The summed E-state index contributed by atoms with van der Waals surface area (Å²) in [5, 5.41) is 10.9. The number of Topliss-reactive ketones (excluding diaryl/α,β-unsaturated/α-hetero) is 1. The van der Waals surface area contributed by atoms with Crippen molar-refractivity contribution >= 4 is 47.0 Å². The van der Waals surface area contributed by atoms with Crippen LogP contribution in [0.25, 0.3) is 10.9 Å². The largest absolute Gasteiger partial charge is 0.497 e. The van der Waals surface area contributed by atoms with Crippen LogP contribution in [0.5, 0.6) is 11.5 Å². The Hall–Kier alpha value is -4.35. The highest BCUT2D eigenvalue weighted by Gasteiger charge is 2.61. The molecule has 272 valence electrons. The number of aliphatic imine (C=N–C) groups is 2. The number of fused-ring (bicyclic) bond motifs is 2. The molecule has 1 saturated heterocycles. The molecule has 1 amide bonds. The van der Waals surface area contributed by atoms with Crippen LogP contribution >= 0.6 is 0 Å². The van der Waals surface area contributed by atoms with Crippen molar-refractivity contribution in [2.75, 3.05) is 13.7 Å². The fourth-order valence-corrected chi connectivity index (χ4v) is 8.61. The molecule has 3 saturated carbocycles. The molecule has 0 radical (unpaired) electrons. The molecular weight excluding hydrogens is 652 g/mol. The number of likely N-dealkylation sites (tertiary alicyclic amines) is 1. The molecule has 0 spiro atoms. The van der Waals surface area contributed by atoms with Gasteiger partial charge >= 0.3 is 11.9 Å². The van der Waals surface area contributed by atoms with Crippen LogP contribution in [0.2, 0.25) is 0 Å². The topological polar surface area (TPSA) is 157 Å². The second-order valence-electron chi connectivity index (χ2n) is 16.3. The molecule has 2 aromatic rings. The lowest BCUT2D eigenvalue weighted by Gasteiger charge is -2.35. The van der Waals surface area contributed by atoms with E-state index in [0.29, 0.717) is 52.8 Å². The minimum absolute atomic E-state index is 0.0882. The van der Waals surface area contributed by atoms with E-state index in [-0.39, 0.29) is 49.5 Å². The van der Waals surface area contributed by atoms with Gasteiger partial charge in [-0.3, -0.25) is 29.2 Å². The molecule has 12 nitrogen and oxygen atoms in total. The number of pyridine rings is 1. The maximum atomic E-state index is 14.6. The minimum atomic E-state index is -1.12. The van der Waals surface area contributed by atoms with Crippen molar-refractivity contribution in [2.45, 2.75) is 103 Å². The van der Waals surface area contributed by atoms with E-state index in [0.717, 1.165) is 12.8 Å². The number of hydrogen-bond acceptors (Lipinski definition) is 10. The van der Waals surface area contributed by atoms with Crippen molar-refractivity contribution in [1.29, 1.82) is 0 Å². The lowest BCUT2D eigenvalue weighted by Crippen LogP contribution is -2.48. The molecular formula is C39H48N4O8.